The average molecular weight is 271 g/mol. The molecule has 2 atom stereocenters. The van der Waals surface area contributed by atoms with E-state index in [4.69, 9.17) is 0 Å². The van der Waals surface area contributed by atoms with Crippen molar-refractivity contribution in [3.63, 3.8) is 0 Å². The zero-order valence-corrected chi connectivity index (χ0v) is 11.1. The van der Waals surface area contributed by atoms with Crippen LogP contribution in [0, 0.1) is 5.92 Å². The van der Waals surface area contributed by atoms with Gasteiger partial charge < -0.3 is 0 Å². The van der Waals surface area contributed by atoms with Crippen molar-refractivity contribution in [3.8, 4) is 0 Å². The van der Waals surface area contributed by atoms with Crippen LogP contribution in [0.25, 0.3) is 0 Å². The minimum Gasteiger partial charge on any atom is -0.270 e. The highest BCUT2D eigenvalue weighted by Gasteiger charge is 2.25. The van der Waals surface area contributed by atoms with Gasteiger partial charge in [0, 0.05) is 17.1 Å². The van der Waals surface area contributed by atoms with Gasteiger partial charge in [-0.3, -0.25) is 4.68 Å². The standard InChI is InChI=1S/C12H19BrN2/c1-9(2)15-7-6-11(14-15)8-10-4-3-5-12(10)13/h6-7,9-10,12H,3-5,8H2,1-2H3. The minimum atomic E-state index is 0.474. The summed E-state index contributed by atoms with van der Waals surface area (Å²) in [7, 11) is 0. The van der Waals surface area contributed by atoms with Crippen LogP contribution in [0.1, 0.15) is 44.8 Å². The predicted molar refractivity (Wildman–Crippen MR) is 66.4 cm³/mol. The number of alkyl halides is 1. The minimum absolute atomic E-state index is 0.474. The average Bonchev–Trinajstić information content (AvgIpc) is 2.77. The molecule has 0 amide bonds. The van der Waals surface area contributed by atoms with E-state index in [2.05, 4.69) is 47.1 Å². The molecule has 0 radical (unpaired) electrons. The Labute approximate surface area is 100 Å². The summed E-state index contributed by atoms with van der Waals surface area (Å²) in [4.78, 5) is 0.710. The van der Waals surface area contributed by atoms with Crippen LogP contribution in [0.4, 0.5) is 0 Å². The SMILES string of the molecule is CC(C)n1ccc(CC2CCCC2Br)n1. The summed E-state index contributed by atoms with van der Waals surface area (Å²) in [5.74, 6) is 0.792. The first kappa shape index (κ1) is 11.2. The molecule has 1 saturated carbocycles. The Kier molecular flexibility index (Phi) is 3.49. The molecule has 1 aliphatic rings. The van der Waals surface area contributed by atoms with Crippen LogP contribution >= 0.6 is 15.9 Å². The Bertz CT molecular complexity index is 319. The molecule has 3 heteroatoms. The highest BCUT2D eigenvalue weighted by atomic mass is 79.9. The van der Waals surface area contributed by atoms with E-state index >= 15 is 0 Å². The molecule has 0 bridgehead atoms. The topological polar surface area (TPSA) is 17.8 Å². The molecule has 1 heterocycles. The summed E-state index contributed by atoms with van der Waals surface area (Å²) < 4.78 is 2.05. The fourth-order valence-corrected chi connectivity index (χ4v) is 3.04. The first-order valence-corrected chi connectivity index (χ1v) is 6.76. The van der Waals surface area contributed by atoms with Gasteiger partial charge in [0.05, 0.1) is 5.69 Å². The van der Waals surface area contributed by atoms with Gasteiger partial charge in [0.25, 0.3) is 0 Å². The van der Waals surface area contributed by atoms with E-state index in [1.54, 1.807) is 0 Å². The van der Waals surface area contributed by atoms with Gasteiger partial charge in [-0.05, 0) is 45.1 Å². The van der Waals surface area contributed by atoms with E-state index in [1.807, 2.05) is 4.68 Å². The summed E-state index contributed by atoms with van der Waals surface area (Å²) in [6, 6.07) is 2.64. The van der Waals surface area contributed by atoms with E-state index in [1.165, 1.54) is 25.0 Å². The Hall–Kier alpha value is -0.310. The molecule has 1 fully saturated rings. The Morgan fingerprint density at radius 3 is 2.87 bits per heavy atom. The lowest BCUT2D eigenvalue weighted by Gasteiger charge is -2.11. The van der Waals surface area contributed by atoms with Crippen molar-refractivity contribution >= 4 is 15.9 Å². The second-order valence-corrected chi connectivity index (χ2v) is 5.97. The van der Waals surface area contributed by atoms with Gasteiger partial charge in [0.1, 0.15) is 0 Å². The van der Waals surface area contributed by atoms with Crippen molar-refractivity contribution < 1.29 is 0 Å². The zero-order valence-electron chi connectivity index (χ0n) is 9.49. The highest BCUT2D eigenvalue weighted by Crippen LogP contribution is 2.33. The number of hydrogen-bond acceptors (Lipinski definition) is 1. The molecule has 0 N–H and O–H groups in total. The van der Waals surface area contributed by atoms with Crippen LogP contribution in [0.15, 0.2) is 12.3 Å². The van der Waals surface area contributed by atoms with Crippen molar-refractivity contribution in [2.75, 3.05) is 0 Å². The maximum absolute atomic E-state index is 4.60. The van der Waals surface area contributed by atoms with Gasteiger partial charge in [0.2, 0.25) is 0 Å². The fraction of sp³-hybridized carbons (Fsp3) is 0.750. The second kappa shape index (κ2) is 4.69. The van der Waals surface area contributed by atoms with Crippen molar-refractivity contribution in [2.45, 2.75) is 50.4 Å². The third-order valence-electron chi connectivity index (χ3n) is 3.23. The van der Waals surface area contributed by atoms with Crippen molar-refractivity contribution in [2.24, 2.45) is 5.92 Å². The van der Waals surface area contributed by atoms with Crippen molar-refractivity contribution in [3.05, 3.63) is 18.0 Å². The van der Waals surface area contributed by atoms with E-state index < -0.39 is 0 Å². The number of hydrogen-bond donors (Lipinski definition) is 0. The first-order chi connectivity index (χ1) is 7.16. The largest absolute Gasteiger partial charge is 0.270 e. The van der Waals surface area contributed by atoms with Gasteiger partial charge in [0.15, 0.2) is 0 Å². The molecule has 1 aromatic rings. The van der Waals surface area contributed by atoms with Gasteiger partial charge in [-0.2, -0.15) is 5.10 Å². The number of aromatic nitrogens is 2. The number of rotatable bonds is 3. The molecule has 2 nitrogen and oxygen atoms in total. The van der Waals surface area contributed by atoms with E-state index in [9.17, 15) is 0 Å². The molecule has 84 valence electrons. The summed E-state index contributed by atoms with van der Waals surface area (Å²) in [6.45, 7) is 4.33. The molecule has 15 heavy (non-hydrogen) atoms. The molecule has 2 rings (SSSR count). The first-order valence-electron chi connectivity index (χ1n) is 5.85. The predicted octanol–water partition coefficient (Wildman–Crippen LogP) is 3.57. The zero-order chi connectivity index (χ0) is 10.8. The molecule has 0 spiro atoms. The number of halogens is 1. The normalized spacial score (nSPS) is 26.4. The number of nitrogens with zero attached hydrogens (tertiary/aromatic N) is 2. The van der Waals surface area contributed by atoms with E-state index in [-0.39, 0.29) is 0 Å². The summed E-state index contributed by atoms with van der Waals surface area (Å²) in [6.07, 6.45) is 7.28. The molecule has 1 aliphatic carbocycles. The van der Waals surface area contributed by atoms with Crippen LogP contribution in [-0.4, -0.2) is 14.6 Å². The molecular formula is C12H19BrN2. The van der Waals surface area contributed by atoms with Crippen molar-refractivity contribution in [1.29, 1.82) is 0 Å². The fourth-order valence-electron chi connectivity index (χ4n) is 2.26. The van der Waals surface area contributed by atoms with Gasteiger partial charge in [-0.15, -0.1) is 0 Å². The monoisotopic (exact) mass is 270 g/mol. The van der Waals surface area contributed by atoms with E-state index in [0.717, 1.165) is 12.3 Å². The van der Waals surface area contributed by atoms with Gasteiger partial charge in [-0.1, -0.05) is 22.4 Å². The van der Waals surface area contributed by atoms with Crippen molar-refractivity contribution in [1.82, 2.24) is 9.78 Å². The maximum Gasteiger partial charge on any atom is 0.0627 e. The third-order valence-corrected chi connectivity index (χ3v) is 4.44. The van der Waals surface area contributed by atoms with Crippen LogP contribution in [0.3, 0.4) is 0 Å². The van der Waals surface area contributed by atoms with Crippen LogP contribution < -0.4 is 0 Å². The smallest absolute Gasteiger partial charge is 0.0627 e. The maximum atomic E-state index is 4.60. The Morgan fingerprint density at radius 1 is 1.53 bits per heavy atom. The quantitative estimate of drug-likeness (QED) is 0.768. The molecule has 0 saturated heterocycles. The summed E-state index contributed by atoms with van der Waals surface area (Å²) in [5.41, 5.74) is 1.25. The van der Waals surface area contributed by atoms with Gasteiger partial charge in [-0.25, -0.2) is 0 Å². The Morgan fingerprint density at radius 2 is 2.33 bits per heavy atom. The van der Waals surface area contributed by atoms with E-state index in [0.29, 0.717) is 10.9 Å². The summed E-state index contributed by atoms with van der Waals surface area (Å²) >= 11 is 3.76. The van der Waals surface area contributed by atoms with Crippen LogP contribution in [-0.2, 0) is 6.42 Å². The lowest BCUT2D eigenvalue weighted by molar-refractivity contribution is 0.506. The molecule has 1 aromatic heterocycles. The highest BCUT2D eigenvalue weighted by molar-refractivity contribution is 9.09. The lowest BCUT2D eigenvalue weighted by Crippen LogP contribution is -2.11. The van der Waals surface area contributed by atoms with Gasteiger partial charge >= 0.3 is 0 Å². The molecule has 0 aromatic carbocycles. The van der Waals surface area contributed by atoms with Crippen LogP contribution in [0.2, 0.25) is 0 Å². The summed E-state index contributed by atoms with van der Waals surface area (Å²) in [5, 5.41) is 4.60. The third kappa shape index (κ3) is 2.63. The lowest BCUT2D eigenvalue weighted by atomic mass is 10.0. The molecule has 0 aliphatic heterocycles. The second-order valence-electron chi connectivity index (χ2n) is 4.79. The molecular weight excluding hydrogens is 252 g/mol. The molecule has 2 unspecified atom stereocenters. The van der Waals surface area contributed by atoms with Crippen LogP contribution in [0.5, 0.6) is 0 Å². The Balaban J connectivity index is 1.98.